The lowest BCUT2D eigenvalue weighted by atomic mass is 10.1. The average Bonchev–Trinajstić information content (AvgIpc) is 2.69. The molecule has 0 aliphatic carbocycles. The molecule has 0 atom stereocenters. The van der Waals surface area contributed by atoms with Crippen LogP contribution in [0.1, 0.15) is 26.3 Å². The number of rotatable bonds is 5. The van der Waals surface area contributed by atoms with Crippen LogP contribution in [0.3, 0.4) is 0 Å². The smallest absolute Gasteiger partial charge is 0.410 e. The topological polar surface area (TPSA) is 98.9 Å². The molecule has 170 valence electrons. The third kappa shape index (κ3) is 6.71. The number of carbonyl (C=O) groups is 1. The fourth-order valence-electron chi connectivity index (χ4n) is 3.00. The summed E-state index contributed by atoms with van der Waals surface area (Å²) in [6.45, 7) is 8.16. The summed E-state index contributed by atoms with van der Waals surface area (Å²) in [7, 11) is 4.71. The van der Waals surface area contributed by atoms with E-state index in [-0.39, 0.29) is 30.1 Å². The van der Waals surface area contributed by atoms with E-state index >= 15 is 0 Å². The second kappa shape index (κ2) is 11.3. The van der Waals surface area contributed by atoms with Gasteiger partial charge in [-0.1, -0.05) is 0 Å². The summed E-state index contributed by atoms with van der Waals surface area (Å²) in [6, 6.07) is 3.68. The second-order valence-electron chi connectivity index (χ2n) is 7.62. The number of nitrogens with zero attached hydrogens (tertiary/aromatic N) is 3. The molecule has 9 nitrogen and oxygen atoms in total. The van der Waals surface area contributed by atoms with Gasteiger partial charge in [0.2, 0.25) is 5.75 Å². The van der Waals surface area contributed by atoms with Crippen molar-refractivity contribution in [1.29, 1.82) is 0 Å². The number of halogens is 1. The molecule has 1 heterocycles. The van der Waals surface area contributed by atoms with Crippen molar-refractivity contribution in [2.45, 2.75) is 32.9 Å². The lowest BCUT2D eigenvalue weighted by molar-refractivity contribution is 0.0186. The van der Waals surface area contributed by atoms with Gasteiger partial charge in [-0.25, -0.2) is 9.79 Å². The second-order valence-corrected chi connectivity index (χ2v) is 7.62. The van der Waals surface area contributed by atoms with Crippen LogP contribution in [0.2, 0.25) is 0 Å². The van der Waals surface area contributed by atoms with E-state index in [1.165, 1.54) is 0 Å². The predicted octanol–water partition coefficient (Wildman–Crippen LogP) is 2.70. The van der Waals surface area contributed by atoms with Crippen LogP contribution in [0.25, 0.3) is 0 Å². The number of hydrogen-bond donors (Lipinski definition) is 1. The maximum absolute atomic E-state index is 12.2. The number of hydrogen-bond acceptors (Lipinski definition) is 6. The van der Waals surface area contributed by atoms with Crippen molar-refractivity contribution in [3.8, 4) is 17.2 Å². The largest absolute Gasteiger partial charge is 0.493 e. The van der Waals surface area contributed by atoms with E-state index in [2.05, 4.69) is 4.99 Å². The molecule has 30 heavy (non-hydrogen) atoms. The van der Waals surface area contributed by atoms with Gasteiger partial charge in [0.25, 0.3) is 0 Å². The highest BCUT2D eigenvalue weighted by molar-refractivity contribution is 14.0. The first-order valence-corrected chi connectivity index (χ1v) is 9.50. The van der Waals surface area contributed by atoms with Gasteiger partial charge in [-0.3, -0.25) is 0 Å². The zero-order chi connectivity index (χ0) is 21.6. The first-order chi connectivity index (χ1) is 13.7. The number of methoxy groups -OCH3 is 3. The van der Waals surface area contributed by atoms with Crippen LogP contribution in [0.15, 0.2) is 17.1 Å². The van der Waals surface area contributed by atoms with Crippen molar-refractivity contribution in [3.05, 3.63) is 17.7 Å². The molecule has 0 radical (unpaired) electrons. The molecule has 0 aromatic heterocycles. The van der Waals surface area contributed by atoms with Crippen molar-refractivity contribution >= 4 is 36.0 Å². The van der Waals surface area contributed by atoms with Crippen molar-refractivity contribution < 1.29 is 23.7 Å². The Bertz CT molecular complexity index is 743. The molecule has 10 heteroatoms. The van der Waals surface area contributed by atoms with Crippen LogP contribution < -0.4 is 19.9 Å². The molecule has 1 aliphatic rings. The Morgan fingerprint density at radius 1 is 1.00 bits per heavy atom. The molecule has 1 aliphatic heterocycles. The summed E-state index contributed by atoms with van der Waals surface area (Å²) in [5, 5.41) is 0. The van der Waals surface area contributed by atoms with Crippen LogP contribution in [0.5, 0.6) is 17.2 Å². The van der Waals surface area contributed by atoms with Crippen molar-refractivity contribution in [1.82, 2.24) is 9.80 Å². The number of amides is 1. The molecular formula is C20H33IN4O5. The Morgan fingerprint density at radius 3 is 2.07 bits per heavy atom. The normalized spacial score (nSPS) is 14.7. The summed E-state index contributed by atoms with van der Waals surface area (Å²) in [5.74, 6) is 2.10. The van der Waals surface area contributed by atoms with Gasteiger partial charge < -0.3 is 34.5 Å². The summed E-state index contributed by atoms with van der Waals surface area (Å²) < 4.78 is 21.6. The van der Waals surface area contributed by atoms with Crippen molar-refractivity contribution in [3.63, 3.8) is 0 Å². The number of carbonyl (C=O) groups excluding carboxylic acids is 1. The molecule has 1 aromatic rings. The minimum atomic E-state index is -0.507. The highest BCUT2D eigenvalue weighted by atomic mass is 127. The molecule has 1 saturated heterocycles. The van der Waals surface area contributed by atoms with Gasteiger partial charge in [-0.2, -0.15) is 0 Å². The number of benzene rings is 1. The molecule has 1 amide bonds. The van der Waals surface area contributed by atoms with Gasteiger partial charge in [0.15, 0.2) is 17.5 Å². The maximum Gasteiger partial charge on any atom is 0.410 e. The highest BCUT2D eigenvalue weighted by Gasteiger charge is 2.26. The molecule has 1 aromatic carbocycles. The van der Waals surface area contributed by atoms with Crippen LogP contribution in [-0.2, 0) is 11.3 Å². The first-order valence-electron chi connectivity index (χ1n) is 9.50. The van der Waals surface area contributed by atoms with Crippen molar-refractivity contribution in [2.75, 3.05) is 47.5 Å². The molecule has 0 spiro atoms. The highest BCUT2D eigenvalue weighted by Crippen LogP contribution is 2.39. The maximum atomic E-state index is 12.2. The average molecular weight is 536 g/mol. The van der Waals surface area contributed by atoms with Gasteiger partial charge in [-0.05, 0) is 32.9 Å². The van der Waals surface area contributed by atoms with Gasteiger partial charge in [0.05, 0.1) is 27.9 Å². The number of nitrogens with two attached hydrogens (primary N) is 1. The Labute approximate surface area is 195 Å². The lowest BCUT2D eigenvalue weighted by Gasteiger charge is -2.36. The van der Waals surface area contributed by atoms with Gasteiger partial charge in [0.1, 0.15) is 5.60 Å². The molecule has 0 saturated carbocycles. The van der Waals surface area contributed by atoms with Gasteiger partial charge in [0, 0.05) is 31.7 Å². The van der Waals surface area contributed by atoms with E-state index in [9.17, 15) is 4.79 Å². The molecule has 2 N–H and O–H groups in total. The van der Waals surface area contributed by atoms with E-state index < -0.39 is 5.60 Å². The Kier molecular flexibility index (Phi) is 9.79. The molecular weight excluding hydrogens is 503 g/mol. The zero-order valence-electron chi connectivity index (χ0n) is 18.6. The zero-order valence-corrected chi connectivity index (χ0v) is 20.9. The number of aliphatic imine (C=N–C) groups is 1. The summed E-state index contributed by atoms with van der Waals surface area (Å²) in [6.07, 6.45) is -0.303. The van der Waals surface area contributed by atoms with E-state index in [1.807, 2.05) is 37.8 Å². The predicted molar refractivity (Wildman–Crippen MR) is 126 cm³/mol. The monoisotopic (exact) mass is 536 g/mol. The van der Waals surface area contributed by atoms with Crippen molar-refractivity contribution in [2.24, 2.45) is 10.7 Å². The van der Waals surface area contributed by atoms with E-state index in [0.717, 1.165) is 5.56 Å². The van der Waals surface area contributed by atoms with E-state index in [4.69, 9.17) is 24.7 Å². The Morgan fingerprint density at radius 2 is 1.57 bits per heavy atom. The third-order valence-electron chi connectivity index (χ3n) is 4.45. The minimum Gasteiger partial charge on any atom is -0.493 e. The van der Waals surface area contributed by atoms with E-state index in [1.54, 1.807) is 26.2 Å². The lowest BCUT2D eigenvalue weighted by Crippen LogP contribution is -2.53. The quantitative estimate of drug-likeness (QED) is 0.351. The van der Waals surface area contributed by atoms with Gasteiger partial charge in [-0.15, -0.1) is 24.0 Å². The minimum absolute atomic E-state index is 0. The van der Waals surface area contributed by atoms with Crippen LogP contribution in [0.4, 0.5) is 4.79 Å². The fraction of sp³-hybridized carbons (Fsp3) is 0.600. The number of guanidine groups is 1. The van der Waals surface area contributed by atoms with Gasteiger partial charge >= 0.3 is 6.09 Å². The summed E-state index contributed by atoms with van der Waals surface area (Å²) in [5.41, 5.74) is 6.51. The van der Waals surface area contributed by atoms with Crippen LogP contribution >= 0.6 is 24.0 Å². The number of piperazine rings is 1. The number of ether oxygens (including phenoxy) is 4. The third-order valence-corrected chi connectivity index (χ3v) is 4.45. The Hall–Kier alpha value is -2.11. The standard InChI is InChI=1S/C20H32N4O5.HI/c1-20(2,3)29-19(25)24-11-9-23(10-12-24)18(21)22-13-14-7-8-15(26-4)17(28-6)16(14)27-5;/h7-8H,9-13H2,1-6H3,(H2,21,22);1H. The first kappa shape index (κ1) is 25.9. The van der Waals surface area contributed by atoms with Crippen LogP contribution in [0, 0.1) is 0 Å². The summed E-state index contributed by atoms with van der Waals surface area (Å²) >= 11 is 0. The molecule has 2 rings (SSSR count). The molecule has 0 unspecified atom stereocenters. The molecule has 1 fully saturated rings. The fourth-order valence-corrected chi connectivity index (χ4v) is 3.00. The summed E-state index contributed by atoms with van der Waals surface area (Å²) in [4.78, 5) is 20.3. The molecule has 0 bridgehead atoms. The van der Waals surface area contributed by atoms with Crippen LogP contribution in [-0.4, -0.2) is 75.0 Å². The van der Waals surface area contributed by atoms with E-state index in [0.29, 0.717) is 55.9 Å². The Balaban J connectivity index is 0.00000450. The SMILES string of the molecule is COc1ccc(CN=C(N)N2CCN(C(=O)OC(C)(C)C)CC2)c(OC)c1OC.I.